The molecule has 0 saturated heterocycles. The Morgan fingerprint density at radius 1 is 0.719 bits per heavy atom. The highest BCUT2D eigenvalue weighted by atomic mass is 19.1. The van der Waals surface area contributed by atoms with Gasteiger partial charge in [-0.3, -0.25) is 4.79 Å². The van der Waals surface area contributed by atoms with Gasteiger partial charge in [0, 0.05) is 20.6 Å². The minimum absolute atomic E-state index is 0.0255. The Balaban J connectivity index is 1.49. The van der Waals surface area contributed by atoms with Crippen LogP contribution in [-0.2, 0) is 68.7 Å². The number of hydrogen-bond acceptors (Lipinski definition) is 17. The minimum Gasteiger partial charge on any atom is -0.432 e. The van der Waals surface area contributed by atoms with Crippen molar-refractivity contribution in [3.63, 3.8) is 0 Å². The van der Waals surface area contributed by atoms with E-state index in [1.165, 1.54) is 7.05 Å². The largest absolute Gasteiger partial charge is 0.510 e. The highest BCUT2D eigenvalue weighted by molar-refractivity contribution is 5.94. The number of ether oxygens (including phenoxy) is 12. The van der Waals surface area contributed by atoms with Gasteiger partial charge in [-0.25, -0.2) is 28.3 Å². The SMILES string of the molecule is CCCCCC(=O)N(COC(=O)OCCOCCOCOC(=O)OCCOCCOCCOCCOCCOCCOC)c1nc2c(F)cc(C#N)c(F)c2n1C. The standard InChI is InChI=1S/C36H54F2N4O15/c1-4-5-6-7-30(43)42(34-40-32-29(37)24-28(25-39)31(38)33(32)41(34)2)26-56-35(44)54-22-20-52-18-19-53-27-57-36(45)55-23-21-51-17-16-50-15-14-49-13-12-48-11-10-47-9-8-46-3/h24H,4-23,26-27H2,1-3H3. The molecular weight excluding hydrogens is 766 g/mol. The maximum absolute atomic E-state index is 14.9. The van der Waals surface area contributed by atoms with Crippen molar-refractivity contribution in [1.82, 2.24) is 9.55 Å². The van der Waals surface area contributed by atoms with Gasteiger partial charge in [0.2, 0.25) is 11.9 Å². The average Bonchev–Trinajstić information content (AvgIpc) is 3.55. The molecule has 19 nitrogen and oxygen atoms in total. The highest BCUT2D eigenvalue weighted by Crippen LogP contribution is 2.28. The van der Waals surface area contributed by atoms with E-state index in [4.69, 9.17) is 62.1 Å². The number of nitriles is 1. The normalized spacial score (nSPS) is 11.1. The first kappa shape index (κ1) is 48.9. The van der Waals surface area contributed by atoms with Crippen molar-refractivity contribution in [2.45, 2.75) is 32.6 Å². The Labute approximate surface area is 330 Å². The molecule has 0 bridgehead atoms. The fourth-order valence-corrected chi connectivity index (χ4v) is 4.58. The third kappa shape index (κ3) is 20.1. The van der Waals surface area contributed by atoms with Gasteiger partial charge in [0.25, 0.3) is 0 Å². The molecule has 0 aliphatic heterocycles. The number of hydrogen-bond donors (Lipinski definition) is 0. The van der Waals surface area contributed by atoms with Gasteiger partial charge < -0.3 is 61.4 Å². The van der Waals surface area contributed by atoms with Gasteiger partial charge in [-0.1, -0.05) is 19.8 Å². The molecule has 2 aromatic rings. The number of unbranched alkanes of at least 4 members (excludes halogenated alkanes) is 2. The molecule has 0 spiro atoms. The van der Waals surface area contributed by atoms with Gasteiger partial charge in [0.15, 0.2) is 25.2 Å². The Bertz CT molecular complexity index is 1490. The first-order valence-electron chi connectivity index (χ1n) is 18.4. The summed E-state index contributed by atoms with van der Waals surface area (Å²) < 4.78 is 92.4. The van der Waals surface area contributed by atoms with E-state index in [1.54, 1.807) is 13.2 Å². The molecule has 0 unspecified atom stereocenters. The van der Waals surface area contributed by atoms with E-state index >= 15 is 0 Å². The summed E-state index contributed by atoms with van der Waals surface area (Å²) in [5.41, 5.74) is -1.24. The van der Waals surface area contributed by atoms with Crippen LogP contribution in [0.3, 0.4) is 0 Å². The number of aryl methyl sites for hydroxylation is 1. The van der Waals surface area contributed by atoms with Crippen LogP contribution in [0.2, 0.25) is 0 Å². The van der Waals surface area contributed by atoms with Crippen LogP contribution in [-0.4, -0.2) is 154 Å². The van der Waals surface area contributed by atoms with E-state index in [9.17, 15) is 23.2 Å². The molecule has 1 aromatic carbocycles. The van der Waals surface area contributed by atoms with Crippen LogP contribution < -0.4 is 4.90 Å². The molecule has 0 aliphatic rings. The number of anilines is 1. The first-order chi connectivity index (χ1) is 27.7. The number of benzene rings is 1. The summed E-state index contributed by atoms with van der Waals surface area (Å²) in [6.07, 6.45) is 0.101. The summed E-state index contributed by atoms with van der Waals surface area (Å²) in [5.74, 6) is -2.64. The van der Waals surface area contributed by atoms with Crippen LogP contribution in [0.15, 0.2) is 6.07 Å². The quantitative estimate of drug-likeness (QED) is 0.0572. The summed E-state index contributed by atoms with van der Waals surface area (Å²) in [5, 5.41) is 9.16. The number of halogens is 2. The van der Waals surface area contributed by atoms with Crippen molar-refractivity contribution in [1.29, 1.82) is 5.26 Å². The number of rotatable bonds is 33. The Hall–Kier alpha value is -4.27. The van der Waals surface area contributed by atoms with Gasteiger partial charge in [0.05, 0.1) is 98.1 Å². The third-order valence-electron chi connectivity index (χ3n) is 7.43. The van der Waals surface area contributed by atoms with Gasteiger partial charge in [0.1, 0.15) is 30.3 Å². The minimum atomic E-state index is -1.13. The molecule has 322 valence electrons. The number of methoxy groups -OCH3 is 1. The number of fused-ring (bicyclic) bond motifs is 1. The number of carbonyl (C=O) groups is 3. The second-order valence-electron chi connectivity index (χ2n) is 11.6. The Kier molecular flexibility index (Phi) is 26.4. The summed E-state index contributed by atoms with van der Waals surface area (Å²) in [4.78, 5) is 42.0. The predicted molar refractivity (Wildman–Crippen MR) is 194 cm³/mol. The lowest BCUT2D eigenvalue weighted by Crippen LogP contribution is -2.36. The van der Waals surface area contributed by atoms with Gasteiger partial charge >= 0.3 is 12.3 Å². The lowest BCUT2D eigenvalue weighted by molar-refractivity contribution is -0.119. The Morgan fingerprint density at radius 2 is 1.21 bits per heavy atom. The topological polar surface area (TPSA) is 207 Å². The summed E-state index contributed by atoms with van der Waals surface area (Å²) in [6.45, 7) is 5.40. The zero-order chi connectivity index (χ0) is 41.5. The predicted octanol–water partition coefficient (Wildman–Crippen LogP) is 3.62. The van der Waals surface area contributed by atoms with E-state index < -0.39 is 47.7 Å². The van der Waals surface area contributed by atoms with Crippen LogP contribution in [0.25, 0.3) is 11.0 Å². The van der Waals surface area contributed by atoms with Crippen LogP contribution in [0.4, 0.5) is 24.3 Å². The van der Waals surface area contributed by atoms with Gasteiger partial charge in [-0.2, -0.15) is 5.26 Å². The molecule has 2 rings (SSSR count). The van der Waals surface area contributed by atoms with Crippen LogP contribution in [0, 0.1) is 23.0 Å². The number of aromatic nitrogens is 2. The van der Waals surface area contributed by atoms with Crippen molar-refractivity contribution in [3.05, 3.63) is 23.3 Å². The number of amides is 1. The van der Waals surface area contributed by atoms with Crippen molar-refractivity contribution >= 4 is 35.2 Å². The maximum atomic E-state index is 14.9. The lowest BCUT2D eigenvalue weighted by atomic mass is 10.2. The van der Waals surface area contributed by atoms with Gasteiger partial charge in [-0.15, -0.1) is 0 Å². The number of carbonyl (C=O) groups excluding carboxylic acids is 3. The van der Waals surface area contributed by atoms with Crippen LogP contribution in [0.5, 0.6) is 0 Å². The lowest BCUT2D eigenvalue weighted by Gasteiger charge is -2.21. The first-order valence-corrected chi connectivity index (χ1v) is 18.4. The molecule has 0 fully saturated rings. The van der Waals surface area contributed by atoms with Crippen LogP contribution in [0.1, 0.15) is 38.2 Å². The summed E-state index contributed by atoms with van der Waals surface area (Å²) >= 11 is 0. The van der Waals surface area contributed by atoms with E-state index in [0.717, 1.165) is 28.4 Å². The molecule has 0 saturated carbocycles. The monoisotopic (exact) mass is 820 g/mol. The molecule has 21 heteroatoms. The molecule has 0 aliphatic carbocycles. The molecule has 1 aromatic heterocycles. The van der Waals surface area contributed by atoms with Crippen molar-refractivity contribution < 1.29 is 80.0 Å². The molecule has 0 atom stereocenters. The van der Waals surface area contributed by atoms with Crippen molar-refractivity contribution in [2.24, 2.45) is 7.05 Å². The van der Waals surface area contributed by atoms with Crippen molar-refractivity contribution in [3.8, 4) is 6.07 Å². The molecule has 1 heterocycles. The number of imidazole rings is 1. The van der Waals surface area contributed by atoms with Gasteiger partial charge in [-0.05, 0) is 12.5 Å². The number of nitrogens with zero attached hydrogens (tertiary/aromatic N) is 4. The highest BCUT2D eigenvalue weighted by Gasteiger charge is 2.27. The van der Waals surface area contributed by atoms with Crippen LogP contribution >= 0.6 is 0 Å². The van der Waals surface area contributed by atoms with E-state index in [1.807, 2.05) is 6.92 Å². The fourth-order valence-electron chi connectivity index (χ4n) is 4.58. The molecule has 0 radical (unpaired) electrons. The molecule has 1 amide bonds. The zero-order valence-corrected chi connectivity index (χ0v) is 32.8. The summed E-state index contributed by atoms with van der Waals surface area (Å²) in [7, 11) is 2.96. The van der Waals surface area contributed by atoms with E-state index in [-0.39, 0.29) is 64.3 Å². The average molecular weight is 821 g/mol. The molecule has 0 N–H and O–H groups in total. The fraction of sp³-hybridized carbons (Fsp3) is 0.694. The second kappa shape index (κ2) is 30.8. The zero-order valence-electron chi connectivity index (χ0n) is 32.8. The second-order valence-corrected chi connectivity index (χ2v) is 11.6. The van der Waals surface area contributed by atoms with Crippen molar-refractivity contribution in [2.75, 3.05) is 131 Å². The van der Waals surface area contributed by atoms with E-state index in [0.29, 0.717) is 72.5 Å². The maximum Gasteiger partial charge on any atom is 0.510 e. The Morgan fingerprint density at radius 3 is 1.72 bits per heavy atom. The smallest absolute Gasteiger partial charge is 0.432 e. The molecule has 57 heavy (non-hydrogen) atoms. The molecular formula is C36H54F2N4O15. The third-order valence-corrected chi connectivity index (χ3v) is 7.43. The van der Waals surface area contributed by atoms with E-state index in [2.05, 4.69) is 4.98 Å². The summed E-state index contributed by atoms with van der Waals surface area (Å²) in [6, 6.07) is 2.30.